The zero-order valence-electron chi connectivity index (χ0n) is 48.1. The minimum atomic E-state index is -0.299. The molecule has 76 heavy (non-hydrogen) atoms. The number of imidazole rings is 1. The van der Waals surface area contributed by atoms with E-state index in [1.165, 1.54) is 59.9 Å². The Bertz CT molecular complexity index is 3290. The van der Waals surface area contributed by atoms with Gasteiger partial charge in [-0.1, -0.05) is 13.8 Å². The van der Waals surface area contributed by atoms with E-state index in [1.807, 2.05) is 112 Å². The molecule has 29 heteroatoms. The average Bonchev–Trinajstić information content (AvgIpc) is 4.29. The predicted octanol–water partition coefficient (Wildman–Crippen LogP) is 0.846. The van der Waals surface area contributed by atoms with E-state index in [-0.39, 0.29) is 33.9 Å². The first-order valence-electron chi connectivity index (χ1n) is 23.2. The Labute approximate surface area is 446 Å². The molecule has 0 spiro atoms. The van der Waals surface area contributed by atoms with Crippen molar-refractivity contribution in [1.29, 1.82) is 0 Å². The summed E-state index contributed by atoms with van der Waals surface area (Å²) >= 11 is 4.89. The minimum absolute atomic E-state index is 0.0185. The number of aromatic nitrogens is 22. The molecule has 0 saturated heterocycles. The molecule has 28 nitrogen and oxygen atoms in total. The fourth-order valence-electron chi connectivity index (χ4n) is 5.40. The molecular formula is C47H78N22O6S. The molecule has 0 saturated carbocycles. The van der Waals surface area contributed by atoms with Gasteiger partial charge < -0.3 is 18.3 Å². The standard InChI is InChI=1S/C7H10N2O2.C6H8N2O.C5H9N3O2.C5H9N3O.2C5H8N2.C4H7N3S.C4H7N3.C4H6N2.C2H6/c1-5-4-8(2)7(11)9(3)6(5)10;1-5-3-7-4-8(2)6(5)9;1-6-4(9)7(2)8(3)5(6)10;1-4-6-8(3)5(9)7(4)2;1-5-3-6-7(2)4-5;1-5-3-4-7(2)6-5;1-6-3-5-7(2)4(6)8;1-4-5-3-7(2)6-4;1-6-3-2-5-4-6;1-2/h4H,1-3H3;3-4H,1-2H3;1-3H3;1-3H3;2*3-4H,1-2H3;3H,1-2H3;3H,1-2H3;2-4H,1H3;1-2H3. The van der Waals surface area contributed by atoms with Gasteiger partial charge in [-0.15, -0.1) is 0 Å². The van der Waals surface area contributed by atoms with Crippen LogP contribution in [0.15, 0.2) is 104 Å². The molecule has 9 rings (SSSR count). The van der Waals surface area contributed by atoms with Gasteiger partial charge in [0, 0.05) is 147 Å². The Kier molecular flexibility index (Phi) is 29.5. The zero-order chi connectivity index (χ0) is 58.7. The number of hydrogen-bond acceptors (Lipinski definition) is 15. The summed E-state index contributed by atoms with van der Waals surface area (Å²) in [6.45, 7) is 15.1. The van der Waals surface area contributed by atoms with Crippen LogP contribution in [0.5, 0.6) is 0 Å². The zero-order valence-corrected chi connectivity index (χ0v) is 48.9. The first kappa shape index (κ1) is 67.4. The van der Waals surface area contributed by atoms with E-state index < -0.39 is 0 Å². The molecule has 0 N–H and O–H groups in total. The summed E-state index contributed by atoms with van der Waals surface area (Å²) in [4.78, 5) is 77.2. The lowest BCUT2D eigenvalue weighted by Crippen LogP contribution is -2.37. The lowest BCUT2D eigenvalue weighted by atomic mass is 10.4. The highest BCUT2D eigenvalue weighted by molar-refractivity contribution is 7.71. The van der Waals surface area contributed by atoms with Gasteiger partial charge in [-0.05, 0) is 65.4 Å². The van der Waals surface area contributed by atoms with Crippen molar-refractivity contribution >= 4 is 12.2 Å². The monoisotopic (exact) mass is 1080 g/mol. The third kappa shape index (κ3) is 23.1. The number of nitrogens with zero attached hydrogens (tertiary/aromatic N) is 22. The molecule has 0 aromatic carbocycles. The molecule has 0 radical (unpaired) electrons. The second-order valence-corrected chi connectivity index (χ2v) is 16.8. The van der Waals surface area contributed by atoms with E-state index in [0.29, 0.717) is 11.1 Å². The van der Waals surface area contributed by atoms with Crippen LogP contribution < -0.4 is 33.9 Å². The topological polar surface area (TPSA) is 275 Å². The van der Waals surface area contributed by atoms with Gasteiger partial charge in [-0.3, -0.25) is 32.8 Å². The quantitative estimate of drug-likeness (QED) is 0.190. The minimum Gasteiger partial charge on any atom is -0.341 e. The molecule has 0 fully saturated rings. The van der Waals surface area contributed by atoms with Crippen molar-refractivity contribution in [3.8, 4) is 0 Å². The van der Waals surface area contributed by atoms with Gasteiger partial charge in [0.2, 0.25) is 0 Å². The van der Waals surface area contributed by atoms with Gasteiger partial charge in [-0.25, -0.2) is 57.4 Å². The Morgan fingerprint density at radius 2 is 1.07 bits per heavy atom. The van der Waals surface area contributed by atoms with Crippen LogP contribution in [0.4, 0.5) is 0 Å². The van der Waals surface area contributed by atoms with Crippen LogP contribution in [0.1, 0.15) is 47.9 Å². The Morgan fingerprint density at radius 3 is 1.29 bits per heavy atom. The fraction of sp³-hybridized carbons (Fsp3) is 0.468. The molecule has 9 heterocycles. The second kappa shape index (κ2) is 33.2. The molecule has 9 aromatic heterocycles. The van der Waals surface area contributed by atoms with Crippen LogP contribution in [0.3, 0.4) is 0 Å². The highest BCUT2D eigenvalue weighted by Crippen LogP contribution is 1.89. The normalized spacial score (nSPS) is 9.55. The molecule has 0 bridgehead atoms. The van der Waals surface area contributed by atoms with Gasteiger partial charge in [-0.2, -0.15) is 25.5 Å². The molecule has 0 unspecified atom stereocenters. The van der Waals surface area contributed by atoms with E-state index in [0.717, 1.165) is 31.2 Å². The van der Waals surface area contributed by atoms with Crippen molar-refractivity contribution in [3.05, 3.63) is 176 Å². The summed E-state index contributed by atoms with van der Waals surface area (Å²) in [5.41, 5.74) is 2.37. The average molecular weight is 1080 g/mol. The van der Waals surface area contributed by atoms with Crippen LogP contribution in [0.2, 0.25) is 0 Å². The molecule has 0 aliphatic rings. The van der Waals surface area contributed by atoms with Crippen LogP contribution in [0.25, 0.3) is 0 Å². The van der Waals surface area contributed by atoms with E-state index in [4.69, 9.17) is 12.2 Å². The lowest BCUT2D eigenvalue weighted by Gasteiger charge is -2.01. The first-order chi connectivity index (χ1) is 35.4. The Morgan fingerprint density at radius 1 is 0.474 bits per heavy atom. The van der Waals surface area contributed by atoms with E-state index in [2.05, 4.69) is 40.4 Å². The van der Waals surface area contributed by atoms with Crippen LogP contribution >= 0.6 is 12.2 Å². The van der Waals surface area contributed by atoms with Crippen molar-refractivity contribution in [2.75, 3.05) is 0 Å². The van der Waals surface area contributed by atoms with Gasteiger partial charge in [0.15, 0.2) is 4.77 Å². The molecule has 0 amide bonds. The molecule has 0 aliphatic carbocycles. The van der Waals surface area contributed by atoms with E-state index in [9.17, 15) is 28.8 Å². The van der Waals surface area contributed by atoms with Crippen molar-refractivity contribution < 1.29 is 0 Å². The SMILES string of the molecule is CC.Cc1ccn(C)n1.Cc1cn(C)c(=O)n(C)c1=O.Cc1cncn(C)c1=O.Cc1cnn(C)c1.Cc1ncn(C)n1.Cc1nn(C)c(=O)n1C.Cn1c(=O)n(C)n(C)c1=O.Cn1ccnc1.Cn1cnn(C)c1=S. The highest BCUT2D eigenvalue weighted by atomic mass is 32.1. The summed E-state index contributed by atoms with van der Waals surface area (Å²) in [5, 5.41) is 19.6. The largest absolute Gasteiger partial charge is 0.346 e. The first-order valence-corrected chi connectivity index (χ1v) is 23.6. The van der Waals surface area contributed by atoms with Gasteiger partial charge in [0.25, 0.3) is 11.1 Å². The van der Waals surface area contributed by atoms with Gasteiger partial charge >= 0.3 is 22.8 Å². The predicted molar refractivity (Wildman–Crippen MR) is 294 cm³/mol. The van der Waals surface area contributed by atoms with Gasteiger partial charge in [0.05, 0.1) is 24.5 Å². The fourth-order valence-corrected chi connectivity index (χ4v) is 5.50. The summed E-state index contributed by atoms with van der Waals surface area (Å²) in [7, 11) is 23.9. The smallest absolute Gasteiger partial charge is 0.341 e. The maximum absolute atomic E-state index is 11.1. The summed E-state index contributed by atoms with van der Waals surface area (Å²) in [5.74, 6) is 1.56. The summed E-state index contributed by atoms with van der Waals surface area (Å²) < 4.78 is 21.6. The molecule has 418 valence electrons. The molecule has 0 atom stereocenters. The van der Waals surface area contributed by atoms with Crippen LogP contribution in [-0.4, -0.2) is 105 Å². The van der Waals surface area contributed by atoms with Crippen molar-refractivity contribution in [2.45, 2.75) is 55.4 Å². The van der Waals surface area contributed by atoms with E-state index in [1.54, 1.807) is 118 Å². The highest BCUT2D eigenvalue weighted by Gasteiger charge is 2.04. The second-order valence-electron chi connectivity index (χ2n) is 16.4. The van der Waals surface area contributed by atoms with Crippen LogP contribution in [-0.2, 0) is 98.7 Å². The van der Waals surface area contributed by atoms with Crippen molar-refractivity contribution in [2.24, 2.45) is 98.7 Å². The third-order valence-corrected chi connectivity index (χ3v) is 10.3. The summed E-state index contributed by atoms with van der Waals surface area (Å²) in [6.07, 6.45) is 19.1. The van der Waals surface area contributed by atoms with Crippen molar-refractivity contribution in [3.63, 3.8) is 0 Å². The summed E-state index contributed by atoms with van der Waals surface area (Å²) in [6, 6.07) is 1.97. The molecular weight excluding hydrogens is 1000 g/mol. The Balaban J connectivity index is 0.000000833. The number of rotatable bonds is 0. The van der Waals surface area contributed by atoms with Crippen LogP contribution in [0, 0.1) is 46.3 Å². The molecule has 9 aromatic rings. The molecule has 0 aliphatic heterocycles. The Hall–Kier alpha value is -8.63. The third-order valence-electron chi connectivity index (χ3n) is 9.71. The van der Waals surface area contributed by atoms with Gasteiger partial charge in [0.1, 0.15) is 24.3 Å². The maximum Gasteiger partial charge on any atom is 0.346 e. The number of hydrogen-bond donors (Lipinski definition) is 0. The van der Waals surface area contributed by atoms with E-state index >= 15 is 0 Å². The number of aryl methyl sites for hydroxylation is 15. The van der Waals surface area contributed by atoms with Crippen molar-refractivity contribution in [1.82, 2.24) is 105 Å². The maximum atomic E-state index is 11.1. The lowest BCUT2D eigenvalue weighted by molar-refractivity contribution is 0.565.